The predicted molar refractivity (Wildman–Crippen MR) is 94.9 cm³/mol. The van der Waals surface area contributed by atoms with Gasteiger partial charge in [-0.2, -0.15) is 0 Å². The molecular weight excluding hydrogens is 304 g/mol. The largest absolute Gasteiger partial charge is 0.397 e. The molecule has 0 bridgehead atoms. The Labute approximate surface area is 137 Å². The number of hydrogen-bond acceptors (Lipinski definition) is 6. The van der Waals surface area contributed by atoms with Gasteiger partial charge < -0.3 is 22.9 Å². The van der Waals surface area contributed by atoms with Gasteiger partial charge in [-0.15, -0.1) is 0 Å². The highest BCUT2D eigenvalue weighted by Crippen LogP contribution is 2.34. The van der Waals surface area contributed by atoms with E-state index in [2.05, 4.69) is 0 Å². The molecule has 0 aromatic heterocycles. The highest BCUT2D eigenvalue weighted by molar-refractivity contribution is 6.30. The summed E-state index contributed by atoms with van der Waals surface area (Å²) in [4.78, 5) is 25.6. The maximum Gasteiger partial charge on any atom is 0.194 e. The number of hydrogen-bond donors (Lipinski definition) is 4. The lowest BCUT2D eigenvalue weighted by atomic mass is 9.82. The molecule has 6 nitrogen and oxygen atoms in total. The summed E-state index contributed by atoms with van der Waals surface area (Å²) >= 11 is 0. The van der Waals surface area contributed by atoms with Crippen LogP contribution in [0.3, 0.4) is 0 Å². The molecule has 0 saturated heterocycles. The van der Waals surface area contributed by atoms with E-state index in [4.69, 9.17) is 22.9 Å². The van der Waals surface area contributed by atoms with Crippen molar-refractivity contribution in [2.24, 2.45) is 0 Å². The minimum atomic E-state index is -0.261. The third kappa shape index (κ3) is 1.77. The van der Waals surface area contributed by atoms with E-state index in [0.29, 0.717) is 22.5 Å². The third-order valence-electron chi connectivity index (χ3n) is 4.38. The van der Waals surface area contributed by atoms with Crippen molar-refractivity contribution >= 4 is 45.1 Å². The van der Waals surface area contributed by atoms with Gasteiger partial charge in [0.2, 0.25) is 0 Å². The third-order valence-corrected chi connectivity index (χ3v) is 4.38. The second-order valence-corrected chi connectivity index (χ2v) is 5.91. The first-order chi connectivity index (χ1) is 11.4. The first kappa shape index (κ1) is 14.1. The Balaban J connectivity index is 2.04. The van der Waals surface area contributed by atoms with Crippen molar-refractivity contribution in [1.82, 2.24) is 0 Å². The van der Waals surface area contributed by atoms with Gasteiger partial charge in [0, 0.05) is 22.3 Å². The van der Waals surface area contributed by atoms with Crippen molar-refractivity contribution < 1.29 is 9.59 Å². The minimum Gasteiger partial charge on any atom is -0.397 e. The van der Waals surface area contributed by atoms with E-state index in [9.17, 15) is 9.59 Å². The summed E-state index contributed by atoms with van der Waals surface area (Å²) in [5, 5.41) is 1.49. The Kier molecular flexibility index (Phi) is 2.63. The van der Waals surface area contributed by atoms with Gasteiger partial charge >= 0.3 is 0 Å². The number of carbonyl (C=O) groups is 2. The smallest absolute Gasteiger partial charge is 0.194 e. The van der Waals surface area contributed by atoms with Gasteiger partial charge in [-0.05, 0) is 47.2 Å². The molecule has 3 aromatic rings. The van der Waals surface area contributed by atoms with Crippen LogP contribution in [0.4, 0.5) is 22.7 Å². The van der Waals surface area contributed by atoms with Crippen molar-refractivity contribution in [3.63, 3.8) is 0 Å². The van der Waals surface area contributed by atoms with Gasteiger partial charge in [-0.3, -0.25) is 9.59 Å². The number of carbonyl (C=O) groups excluding carboxylic acids is 2. The Morgan fingerprint density at radius 3 is 1.12 bits per heavy atom. The minimum absolute atomic E-state index is 0.261. The number of anilines is 4. The zero-order valence-corrected chi connectivity index (χ0v) is 12.6. The SMILES string of the molecule is Nc1cc2c(cc1N)C(=O)c1cc3cc(N)c(N)cc3cc1C2=O. The summed E-state index contributed by atoms with van der Waals surface area (Å²) in [7, 11) is 0. The Morgan fingerprint density at radius 1 is 0.458 bits per heavy atom. The Morgan fingerprint density at radius 2 is 0.750 bits per heavy atom. The normalized spacial score (nSPS) is 13.0. The molecule has 0 amide bonds. The molecule has 1 aliphatic carbocycles. The number of nitrogens with two attached hydrogens (primary N) is 4. The van der Waals surface area contributed by atoms with Gasteiger partial charge in [0.15, 0.2) is 11.6 Å². The van der Waals surface area contributed by atoms with Crippen molar-refractivity contribution in [3.05, 3.63) is 58.7 Å². The quantitative estimate of drug-likeness (QED) is 0.365. The highest BCUT2D eigenvalue weighted by atomic mass is 16.1. The second kappa shape index (κ2) is 4.48. The number of nitrogen functional groups attached to an aromatic ring is 4. The molecular formula is C18H14N4O2. The molecule has 6 heteroatoms. The van der Waals surface area contributed by atoms with Crippen molar-refractivity contribution in [2.75, 3.05) is 22.9 Å². The summed E-state index contributed by atoms with van der Waals surface area (Å²) in [5.41, 5.74) is 25.8. The maximum absolute atomic E-state index is 12.8. The first-order valence-electron chi connectivity index (χ1n) is 7.28. The molecule has 0 unspecified atom stereocenters. The highest BCUT2D eigenvalue weighted by Gasteiger charge is 2.30. The molecule has 4 rings (SSSR count). The van der Waals surface area contributed by atoms with Crippen LogP contribution in [0.1, 0.15) is 31.8 Å². The molecule has 0 fully saturated rings. The van der Waals surface area contributed by atoms with E-state index in [0.717, 1.165) is 10.8 Å². The molecule has 118 valence electrons. The molecule has 3 aromatic carbocycles. The average molecular weight is 318 g/mol. The molecule has 8 N–H and O–H groups in total. The average Bonchev–Trinajstić information content (AvgIpc) is 2.54. The van der Waals surface area contributed by atoms with E-state index in [-0.39, 0.29) is 34.1 Å². The topological polar surface area (TPSA) is 138 Å². The fraction of sp³-hybridized carbons (Fsp3) is 0. The van der Waals surface area contributed by atoms with Crippen LogP contribution < -0.4 is 22.9 Å². The molecule has 0 atom stereocenters. The summed E-state index contributed by atoms with van der Waals surface area (Å²) in [6.07, 6.45) is 0. The summed E-state index contributed by atoms with van der Waals surface area (Å²) < 4.78 is 0. The summed E-state index contributed by atoms with van der Waals surface area (Å²) in [6, 6.07) is 9.61. The fourth-order valence-corrected chi connectivity index (χ4v) is 3.06. The second-order valence-electron chi connectivity index (χ2n) is 5.91. The van der Waals surface area contributed by atoms with Gasteiger partial charge in [0.05, 0.1) is 22.7 Å². The molecule has 0 radical (unpaired) electrons. The maximum atomic E-state index is 12.8. The van der Waals surface area contributed by atoms with Crippen LogP contribution in [0.25, 0.3) is 10.8 Å². The van der Waals surface area contributed by atoms with E-state index in [1.165, 1.54) is 12.1 Å². The zero-order valence-electron chi connectivity index (χ0n) is 12.6. The molecule has 0 spiro atoms. The van der Waals surface area contributed by atoms with Crippen LogP contribution in [-0.2, 0) is 0 Å². The summed E-state index contributed by atoms with van der Waals surface area (Å²) in [5.74, 6) is -0.521. The number of ketones is 2. The van der Waals surface area contributed by atoms with Gasteiger partial charge in [0.1, 0.15) is 0 Å². The van der Waals surface area contributed by atoms with Crippen LogP contribution in [-0.4, -0.2) is 11.6 Å². The molecule has 0 aliphatic heterocycles. The van der Waals surface area contributed by atoms with E-state index >= 15 is 0 Å². The van der Waals surface area contributed by atoms with E-state index in [1.54, 1.807) is 24.3 Å². The zero-order chi connectivity index (χ0) is 17.2. The lowest BCUT2D eigenvalue weighted by Gasteiger charge is -2.19. The van der Waals surface area contributed by atoms with Crippen LogP contribution in [0, 0.1) is 0 Å². The van der Waals surface area contributed by atoms with Crippen molar-refractivity contribution in [3.8, 4) is 0 Å². The van der Waals surface area contributed by atoms with Gasteiger partial charge in [-0.1, -0.05) is 0 Å². The van der Waals surface area contributed by atoms with Crippen molar-refractivity contribution in [2.45, 2.75) is 0 Å². The number of rotatable bonds is 0. The predicted octanol–water partition coefficient (Wildman–Crippen LogP) is 1.94. The van der Waals surface area contributed by atoms with Crippen molar-refractivity contribution in [1.29, 1.82) is 0 Å². The van der Waals surface area contributed by atoms with Crippen LogP contribution in [0.5, 0.6) is 0 Å². The number of fused-ring (bicyclic) bond motifs is 3. The standard InChI is InChI=1S/C18H14N4O2/c19-13-3-7-1-9-10(2-8(7)4-14(13)20)18(24)12-6-16(22)15(21)5-11(12)17(9)23/h1-6H,19-22H2. The molecule has 24 heavy (non-hydrogen) atoms. The van der Waals surface area contributed by atoms with Crippen LogP contribution in [0.2, 0.25) is 0 Å². The van der Waals surface area contributed by atoms with Gasteiger partial charge in [0.25, 0.3) is 0 Å². The first-order valence-corrected chi connectivity index (χ1v) is 7.28. The van der Waals surface area contributed by atoms with E-state index < -0.39 is 0 Å². The van der Waals surface area contributed by atoms with E-state index in [1.807, 2.05) is 0 Å². The molecule has 0 saturated carbocycles. The lowest BCUT2D eigenvalue weighted by molar-refractivity contribution is 0.0979. The van der Waals surface area contributed by atoms with Crippen LogP contribution in [0.15, 0.2) is 36.4 Å². The Bertz CT molecular complexity index is 1000. The van der Waals surface area contributed by atoms with Gasteiger partial charge in [-0.25, -0.2) is 0 Å². The Hall–Kier alpha value is -3.54. The summed E-state index contributed by atoms with van der Waals surface area (Å²) in [6.45, 7) is 0. The molecule has 0 heterocycles. The van der Waals surface area contributed by atoms with Crippen LogP contribution >= 0.6 is 0 Å². The number of benzene rings is 3. The molecule has 1 aliphatic rings. The lowest BCUT2D eigenvalue weighted by Crippen LogP contribution is -2.21. The monoisotopic (exact) mass is 318 g/mol. The fourth-order valence-electron chi connectivity index (χ4n) is 3.06.